The van der Waals surface area contributed by atoms with Crippen LogP contribution in [0.15, 0.2) is 24.3 Å². The summed E-state index contributed by atoms with van der Waals surface area (Å²) < 4.78 is 37.4. The quantitative estimate of drug-likeness (QED) is 0.890. The van der Waals surface area contributed by atoms with Crippen molar-refractivity contribution in [3.63, 3.8) is 0 Å². The van der Waals surface area contributed by atoms with E-state index in [9.17, 15) is 23.1 Å². The molecule has 0 radical (unpaired) electrons. The monoisotopic (exact) mass is 330 g/mol. The smallest absolute Gasteiger partial charge is 0.388 e. The SMILES string of the molecule is CN1CCCC(O)(CC(=O)NCc2ccc(C(F)(F)F)cc2)C1. The van der Waals surface area contributed by atoms with Crippen LogP contribution in [0.3, 0.4) is 0 Å². The second-order valence-electron chi connectivity index (χ2n) is 6.21. The summed E-state index contributed by atoms with van der Waals surface area (Å²) in [6, 6.07) is 4.66. The first-order chi connectivity index (χ1) is 10.7. The Morgan fingerprint density at radius 3 is 2.57 bits per heavy atom. The summed E-state index contributed by atoms with van der Waals surface area (Å²) in [6.07, 6.45) is -2.96. The number of carbonyl (C=O) groups is 1. The van der Waals surface area contributed by atoms with Gasteiger partial charge in [0.05, 0.1) is 17.6 Å². The lowest BCUT2D eigenvalue weighted by Gasteiger charge is -2.36. The summed E-state index contributed by atoms with van der Waals surface area (Å²) in [6.45, 7) is 1.49. The maximum absolute atomic E-state index is 12.5. The number of carbonyl (C=O) groups excluding carboxylic acids is 1. The lowest BCUT2D eigenvalue weighted by Crippen LogP contribution is -2.49. The van der Waals surface area contributed by atoms with Crippen LogP contribution in [0.4, 0.5) is 13.2 Å². The molecule has 2 rings (SSSR count). The van der Waals surface area contributed by atoms with Crippen molar-refractivity contribution in [3.05, 3.63) is 35.4 Å². The van der Waals surface area contributed by atoms with Crippen LogP contribution in [0.2, 0.25) is 0 Å². The zero-order valence-corrected chi connectivity index (χ0v) is 13.0. The Hall–Kier alpha value is -1.60. The molecule has 1 saturated heterocycles. The summed E-state index contributed by atoms with van der Waals surface area (Å²) in [4.78, 5) is 13.9. The first-order valence-corrected chi connectivity index (χ1v) is 7.52. The van der Waals surface area contributed by atoms with Crippen molar-refractivity contribution in [1.29, 1.82) is 0 Å². The van der Waals surface area contributed by atoms with Crippen molar-refractivity contribution in [2.24, 2.45) is 0 Å². The van der Waals surface area contributed by atoms with Gasteiger partial charge in [-0.15, -0.1) is 0 Å². The number of likely N-dealkylation sites (tertiary alicyclic amines) is 1. The molecule has 0 aliphatic carbocycles. The minimum Gasteiger partial charge on any atom is -0.388 e. The van der Waals surface area contributed by atoms with Crippen LogP contribution in [0.5, 0.6) is 0 Å². The summed E-state index contributed by atoms with van der Waals surface area (Å²) >= 11 is 0. The molecule has 1 amide bonds. The molecule has 1 aromatic carbocycles. The van der Waals surface area contributed by atoms with Crippen LogP contribution in [0.25, 0.3) is 0 Å². The van der Waals surface area contributed by atoms with Gasteiger partial charge in [-0.05, 0) is 44.1 Å². The van der Waals surface area contributed by atoms with E-state index in [1.165, 1.54) is 12.1 Å². The fourth-order valence-electron chi connectivity index (χ4n) is 2.86. The summed E-state index contributed by atoms with van der Waals surface area (Å²) in [5.74, 6) is -0.303. The number of piperidine rings is 1. The fraction of sp³-hybridized carbons (Fsp3) is 0.562. The van der Waals surface area contributed by atoms with Crippen molar-refractivity contribution in [1.82, 2.24) is 10.2 Å². The average molecular weight is 330 g/mol. The number of halogens is 3. The number of nitrogens with one attached hydrogen (secondary N) is 1. The topological polar surface area (TPSA) is 52.6 Å². The standard InChI is InChI=1S/C16H21F3N2O2/c1-21-8-2-7-15(23,11-21)9-14(22)20-10-12-3-5-13(6-4-12)16(17,18)19/h3-6,23H,2,7-11H2,1H3,(H,20,22). The molecule has 128 valence electrons. The molecule has 1 atom stereocenters. The van der Waals surface area contributed by atoms with Crippen molar-refractivity contribution in [3.8, 4) is 0 Å². The largest absolute Gasteiger partial charge is 0.416 e. The number of aliphatic hydroxyl groups is 1. The van der Waals surface area contributed by atoms with E-state index in [4.69, 9.17) is 0 Å². The number of hydrogen-bond acceptors (Lipinski definition) is 3. The van der Waals surface area contributed by atoms with E-state index >= 15 is 0 Å². The third-order valence-electron chi connectivity index (χ3n) is 4.01. The maximum Gasteiger partial charge on any atom is 0.416 e. The molecule has 1 aliphatic rings. The van der Waals surface area contributed by atoms with Crippen LogP contribution in [-0.2, 0) is 17.5 Å². The molecule has 1 aliphatic heterocycles. The molecule has 0 saturated carbocycles. The van der Waals surface area contributed by atoms with Crippen molar-refractivity contribution >= 4 is 5.91 Å². The highest BCUT2D eigenvalue weighted by Gasteiger charge is 2.34. The number of benzene rings is 1. The first kappa shape index (κ1) is 17.7. The van der Waals surface area contributed by atoms with E-state index in [1.54, 1.807) is 0 Å². The van der Waals surface area contributed by atoms with Crippen LogP contribution in [0.1, 0.15) is 30.4 Å². The molecule has 4 nitrogen and oxygen atoms in total. The summed E-state index contributed by atoms with van der Waals surface area (Å²) in [5, 5.41) is 13.1. The molecule has 0 spiro atoms. The van der Waals surface area contributed by atoms with Crippen LogP contribution in [-0.4, -0.2) is 41.7 Å². The fourth-order valence-corrected chi connectivity index (χ4v) is 2.86. The number of alkyl halides is 3. The molecular weight excluding hydrogens is 309 g/mol. The second-order valence-corrected chi connectivity index (χ2v) is 6.21. The average Bonchev–Trinajstić information content (AvgIpc) is 2.44. The zero-order chi connectivity index (χ0) is 17.1. The van der Waals surface area contributed by atoms with Gasteiger partial charge in [0.2, 0.25) is 5.91 Å². The molecule has 1 heterocycles. The third kappa shape index (κ3) is 5.21. The summed E-state index contributed by atoms with van der Waals surface area (Å²) in [5.41, 5.74) is -1.16. The van der Waals surface area contributed by atoms with Gasteiger partial charge in [-0.1, -0.05) is 12.1 Å². The van der Waals surface area contributed by atoms with Crippen molar-refractivity contribution < 1.29 is 23.1 Å². The Balaban J connectivity index is 1.84. The zero-order valence-electron chi connectivity index (χ0n) is 13.0. The maximum atomic E-state index is 12.5. The first-order valence-electron chi connectivity index (χ1n) is 7.52. The Morgan fingerprint density at radius 2 is 2.00 bits per heavy atom. The molecule has 7 heteroatoms. The van der Waals surface area contributed by atoms with E-state index in [1.807, 2.05) is 11.9 Å². The number of amides is 1. The van der Waals surface area contributed by atoms with Crippen molar-refractivity contribution in [2.75, 3.05) is 20.1 Å². The van der Waals surface area contributed by atoms with Crippen LogP contribution < -0.4 is 5.32 Å². The van der Waals surface area contributed by atoms with Gasteiger partial charge in [0, 0.05) is 13.1 Å². The summed E-state index contributed by atoms with van der Waals surface area (Å²) in [7, 11) is 1.89. The van der Waals surface area contributed by atoms with Crippen LogP contribution >= 0.6 is 0 Å². The lowest BCUT2D eigenvalue weighted by atomic mass is 9.89. The number of likely N-dealkylation sites (N-methyl/N-ethyl adjacent to an activating group) is 1. The van der Waals surface area contributed by atoms with Gasteiger partial charge in [-0.2, -0.15) is 13.2 Å². The molecule has 23 heavy (non-hydrogen) atoms. The van der Waals surface area contributed by atoms with Gasteiger partial charge in [-0.3, -0.25) is 4.79 Å². The lowest BCUT2D eigenvalue weighted by molar-refractivity contribution is -0.137. The molecular formula is C16H21F3N2O2. The third-order valence-corrected chi connectivity index (χ3v) is 4.01. The highest BCUT2D eigenvalue weighted by Crippen LogP contribution is 2.29. The van der Waals surface area contributed by atoms with Gasteiger partial charge >= 0.3 is 6.18 Å². The van der Waals surface area contributed by atoms with Gasteiger partial charge in [-0.25, -0.2) is 0 Å². The Labute approximate surface area is 133 Å². The molecule has 0 aromatic heterocycles. The highest BCUT2D eigenvalue weighted by atomic mass is 19.4. The molecule has 1 aromatic rings. The van der Waals surface area contributed by atoms with E-state index < -0.39 is 17.3 Å². The van der Waals surface area contributed by atoms with Crippen molar-refractivity contribution in [2.45, 2.75) is 37.6 Å². The van der Waals surface area contributed by atoms with E-state index in [0.29, 0.717) is 18.5 Å². The van der Waals surface area contributed by atoms with E-state index in [2.05, 4.69) is 5.32 Å². The molecule has 1 fully saturated rings. The van der Waals surface area contributed by atoms with E-state index in [0.717, 1.165) is 25.1 Å². The molecule has 0 bridgehead atoms. The Morgan fingerprint density at radius 1 is 1.35 bits per heavy atom. The minimum atomic E-state index is -4.36. The molecule has 2 N–H and O–H groups in total. The number of hydrogen-bond donors (Lipinski definition) is 2. The predicted molar refractivity (Wildman–Crippen MR) is 79.6 cm³/mol. The predicted octanol–water partition coefficient (Wildman–Crippen LogP) is 2.17. The Bertz CT molecular complexity index is 545. The second kappa shape index (κ2) is 6.88. The number of β-amino-alcohol motifs (C(OH)–C–C–N with tert-alkyl or cyclic N) is 1. The van der Waals surface area contributed by atoms with Gasteiger partial charge in [0.1, 0.15) is 0 Å². The molecule has 1 unspecified atom stereocenters. The van der Waals surface area contributed by atoms with Crippen LogP contribution in [0, 0.1) is 0 Å². The Kier molecular flexibility index (Phi) is 5.31. The van der Waals surface area contributed by atoms with Gasteiger partial charge in [0.25, 0.3) is 0 Å². The highest BCUT2D eigenvalue weighted by molar-refractivity contribution is 5.77. The number of rotatable bonds is 4. The van der Waals surface area contributed by atoms with E-state index in [-0.39, 0.29) is 18.9 Å². The number of nitrogens with zero attached hydrogens (tertiary/aromatic N) is 1. The normalized spacial score (nSPS) is 22.8. The van der Waals surface area contributed by atoms with Gasteiger partial charge < -0.3 is 15.3 Å². The van der Waals surface area contributed by atoms with Gasteiger partial charge in [0.15, 0.2) is 0 Å². The minimum absolute atomic E-state index is 0.00201.